The molecule has 0 saturated heterocycles. The number of carbonyl (C=O) groups is 2. The number of nitrogens with zero attached hydrogens (tertiary/aromatic N) is 2. The maximum absolute atomic E-state index is 13.6. The minimum Gasteiger partial charge on any atom is -0.354 e. The van der Waals surface area contributed by atoms with Crippen molar-refractivity contribution in [3.05, 3.63) is 63.3 Å². The van der Waals surface area contributed by atoms with Crippen molar-refractivity contribution in [3.8, 4) is 0 Å². The summed E-state index contributed by atoms with van der Waals surface area (Å²) in [5.74, 6) is -1.64. The number of carbonyl (C=O) groups excluding carboxylic acids is 2. The highest BCUT2D eigenvalue weighted by molar-refractivity contribution is 9.10. The molecule has 2 rings (SSSR count). The second kappa shape index (κ2) is 12.5. The smallest absolute Gasteiger partial charge is 0.244 e. The van der Waals surface area contributed by atoms with E-state index in [1.807, 2.05) is 19.1 Å². The van der Waals surface area contributed by atoms with Gasteiger partial charge in [0.25, 0.3) is 0 Å². The summed E-state index contributed by atoms with van der Waals surface area (Å²) in [6, 6.07) is 9.80. The largest absolute Gasteiger partial charge is 0.354 e. The van der Waals surface area contributed by atoms with Crippen LogP contribution in [0.4, 0.5) is 10.1 Å². The maximum atomic E-state index is 13.6. The molecule has 1 N–H and O–H groups in total. The van der Waals surface area contributed by atoms with Gasteiger partial charge in [-0.15, -0.1) is 0 Å². The molecule has 7 nitrogen and oxygen atoms in total. The predicted molar refractivity (Wildman–Crippen MR) is 136 cm³/mol. The molecule has 0 aliphatic rings. The molecule has 0 aliphatic heterocycles. The third-order valence-corrected chi connectivity index (χ3v) is 7.03. The van der Waals surface area contributed by atoms with Crippen LogP contribution in [0.25, 0.3) is 0 Å². The number of hydrogen-bond donors (Lipinski definition) is 1. The number of rotatable bonds is 11. The van der Waals surface area contributed by atoms with Crippen molar-refractivity contribution < 1.29 is 22.4 Å². The average Bonchev–Trinajstić information content (AvgIpc) is 2.76. The van der Waals surface area contributed by atoms with Crippen molar-refractivity contribution in [2.45, 2.75) is 39.3 Å². The molecule has 0 fully saturated rings. The Hall–Kier alpha value is -2.17. The van der Waals surface area contributed by atoms with Gasteiger partial charge in [-0.2, -0.15) is 0 Å². The van der Waals surface area contributed by atoms with E-state index < -0.39 is 34.3 Å². The van der Waals surface area contributed by atoms with Crippen LogP contribution < -0.4 is 9.62 Å². The summed E-state index contributed by atoms with van der Waals surface area (Å²) in [5.41, 5.74) is 0.802. The molecular formula is C23H28BrClFN3O4S. The Balaban J connectivity index is 2.37. The fourth-order valence-electron chi connectivity index (χ4n) is 3.20. The molecule has 0 radical (unpaired) electrons. The van der Waals surface area contributed by atoms with E-state index in [-0.39, 0.29) is 23.2 Å². The Morgan fingerprint density at radius 1 is 1.21 bits per heavy atom. The Morgan fingerprint density at radius 2 is 1.91 bits per heavy atom. The molecular weight excluding hydrogens is 549 g/mol. The Labute approximate surface area is 213 Å². The molecule has 0 unspecified atom stereocenters. The lowest BCUT2D eigenvalue weighted by Crippen LogP contribution is -2.51. The van der Waals surface area contributed by atoms with Gasteiger partial charge in [0.2, 0.25) is 21.8 Å². The van der Waals surface area contributed by atoms with Crippen molar-refractivity contribution in [1.29, 1.82) is 0 Å². The summed E-state index contributed by atoms with van der Waals surface area (Å²) >= 11 is 9.23. The first-order valence-electron chi connectivity index (χ1n) is 10.7. The lowest BCUT2D eigenvalue weighted by atomic mass is 10.1. The minimum absolute atomic E-state index is 0.0460. The highest BCUT2D eigenvalue weighted by atomic mass is 79.9. The molecule has 0 aliphatic carbocycles. The second-order valence-electron chi connectivity index (χ2n) is 7.84. The lowest BCUT2D eigenvalue weighted by Gasteiger charge is -2.31. The average molecular weight is 577 g/mol. The first-order valence-corrected chi connectivity index (χ1v) is 13.7. The van der Waals surface area contributed by atoms with E-state index in [0.717, 1.165) is 45.6 Å². The summed E-state index contributed by atoms with van der Waals surface area (Å²) in [6.45, 7) is 3.57. The number of sulfonamides is 1. The van der Waals surface area contributed by atoms with Crippen LogP contribution in [-0.4, -0.2) is 50.5 Å². The molecule has 2 amide bonds. The number of anilines is 1. The van der Waals surface area contributed by atoms with E-state index in [1.54, 1.807) is 19.1 Å². The molecule has 11 heteroatoms. The van der Waals surface area contributed by atoms with Gasteiger partial charge in [0.15, 0.2) is 0 Å². The van der Waals surface area contributed by atoms with Crippen molar-refractivity contribution in [2.24, 2.45) is 0 Å². The van der Waals surface area contributed by atoms with Crippen molar-refractivity contribution in [1.82, 2.24) is 10.2 Å². The van der Waals surface area contributed by atoms with Gasteiger partial charge in [0.05, 0.1) is 17.0 Å². The summed E-state index contributed by atoms with van der Waals surface area (Å²) in [4.78, 5) is 27.5. The van der Waals surface area contributed by atoms with Crippen LogP contribution >= 0.6 is 27.5 Å². The first kappa shape index (κ1) is 28.1. The van der Waals surface area contributed by atoms with Gasteiger partial charge in [-0.05, 0) is 49.2 Å². The normalized spacial score (nSPS) is 12.2. The third-order valence-electron chi connectivity index (χ3n) is 5.11. The van der Waals surface area contributed by atoms with Crippen molar-refractivity contribution in [3.63, 3.8) is 0 Å². The summed E-state index contributed by atoms with van der Waals surface area (Å²) in [6.07, 6.45) is 2.64. The van der Waals surface area contributed by atoms with Crippen LogP contribution in [-0.2, 0) is 26.2 Å². The zero-order valence-electron chi connectivity index (χ0n) is 19.2. The van der Waals surface area contributed by atoms with Crippen molar-refractivity contribution >= 4 is 55.1 Å². The second-order valence-corrected chi connectivity index (χ2v) is 11.1. The van der Waals surface area contributed by atoms with Gasteiger partial charge in [-0.3, -0.25) is 13.9 Å². The number of amides is 2. The van der Waals surface area contributed by atoms with Crippen LogP contribution in [0.5, 0.6) is 0 Å². The van der Waals surface area contributed by atoms with E-state index in [4.69, 9.17) is 11.6 Å². The van der Waals surface area contributed by atoms with Gasteiger partial charge >= 0.3 is 0 Å². The first-order chi connectivity index (χ1) is 15.9. The molecule has 0 bridgehead atoms. The zero-order valence-corrected chi connectivity index (χ0v) is 22.4. The SMILES string of the molecule is CCCCNC(=O)[C@@H](C)N(Cc1cccc(Br)c1)C(=O)CN(c1ccc(F)c(Cl)c1)S(C)(=O)=O. The third kappa shape index (κ3) is 7.95. The van der Waals surface area contributed by atoms with Gasteiger partial charge in [0.1, 0.15) is 18.4 Å². The van der Waals surface area contributed by atoms with Gasteiger partial charge in [-0.25, -0.2) is 12.8 Å². The van der Waals surface area contributed by atoms with Gasteiger partial charge < -0.3 is 10.2 Å². The minimum atomic E-state index is -3.92. The fraction of sp³-hybridized carbons (Fsp3) is 0.391. The summed E-state index contributed by atoms with van der Waals surface area (Å²) in [5, 5.41) is 2.54. The number of hydrogen-bond acceptors (Lipinski definition) is 4. The van der Waals surface area contributed by atoms with Gasteiger partial charge in [0, 0.05) is 17.6 Å². The monoisotopic (exact) mass is 575 g/mol. The van der Waals surface area contributed by atoms with Crippen LogP contribution in [0.15, 0.2) is 46.9 Å². The van der Waals surface area contributed by atoms with E-state index in [2.05, 4.69) is 21.2 Å². The Kier molecular flexibility index (Phi) is 10.3. The van der Waals surface area contributed by atoms with Crippen LogP contribution in [0, 0.1) is 5.82 Å². The van der Waals surface area contributed by atoms with E-state index in [1.165, 1.54) is 11.0 Å². The fourth-order valence-corrected chi connectivity index (χ4v) is 4.67. The molecule has 0 saturated carbocycles. The van der Waals surface area contributed by atoms with E-state index in [9.17, 15) is 22.4 Å². The predicted octanol–water partition coefficient (Wildman–Crippen LogP) is 4.34. The number of unbranched alkanes of at least 4 members (excludes halogenated alkanes) is 1. The van der Waals surface area contributed by atoms with Crippen molar-refractivity contribution in [2.75, 3.05) is 23.7 Å². The summed E-state index contributed by atoms with van der Waals surface area (Å²) < 4.78 is 40.3. The topological polar surface area (TPSA) is 86.8 Å². The van der Waals surface area contributed by atoms with E-state index in [0.29, 0.717) is 6.54 Å². The standard InChI is InChI=1S/C23H28BrClFN3O4S/c1-4-5-11-27-23(31)16(2)28(14-17-7-6-8-18(24)12-17)22(30)15-29(34(3,32)33)19-9-10-21(26)20(25)13-19/h6-10,12-13,16H,4-5,11,14-15H2,1-3H3,(H,27,31)/t16-/m1/s1. The molecule has 0 heterocycles. The number of benzene rings is 2. The number of halogens is 3. The van der Waals surface area contributed by atoms with E-state index >= 15 is 0 Å². The van der Waals surface area contributed by atoms with Crippen LogP contribution in [0.3, 0.4) is 0 Å². The molecule has 2 aromatic carbocycles. The highest BCUT2D eigenvalue weighted by Crippen LogP contribution is 2.25. The van der Waals surface area contributed by atoms with Crippen LogP contribution in [0.1, 0.15) is 32.3 Å². The van der Waals surface area contributed by atoms with Crippen LogP contribution in [0.2, 0.25) is 5.02 Å². The molecule has 2 aromatic rings. The molecule has 0 spiro atoms. The Morgan fingerprint density at radius 3 is 2.50 bits per heavy atom. The highest BCUT2D eigenvalue weighted by Gasteiger charge is 2.30. The maximum Gasteiger partial charge on any atom is 0.244 e. The lowest BCUT2D eigenvalue weighted by molar-refractivity contribution is -0.139. The zero-order chi connectivity index (χ0) is 25.5. The summed E-state index contributed by atoms with van der Waals surface area (Å²) in [7, 11) is -3.92. The molecule has 186 valence electrons. The molecule has 34 heavy (non-hydrogen) atoms. The quantitative estimate of drug-likeness (QED) is 0.403. The molecule has 0 aromatic heterocycles. The molecule has 1 atom stereocenters. The number of nitrogens with one attached hydrogen (secondary N) is 1. The van der Waals surface area contributed by atoms with Gasteiger partial charge in [-0.1, -0.05) is 53.0 Å². The Bertz CT molecular complexity index is 1130.